The molecule has 0 radical (unpaired) electrons. The van der Waals surface area contributed by atoms with Crippen molar-refractivity contribution in [2.75, 3.05) is 5.32 Å². The second kappa shape index (κ2) is 4.16. The third kappa shape index (κ3) is 1.63. The molecule has 1 aliphatic heterocycles. The van der Waals surface area contributed by atoms with Crippen LogP contribution in [0.1, 0.15) is 22.4 Å². The number of aromatic nitrogens is 2. The number of nitrogens with zero attached hydrogens (tertiary/aromatic N) is 2. The summed E-state index contributed by atoms with van der Waals surface area (Å²) >= 11 is 0. The number of carbonyl (C=O) groups is 1. The molecular formula is C19H15N3O. The fourth-order valence-corrected chi connectivity index (χ4v) is 3.95. The molecule has 0 fully saturated rings. The Balaban J connectivity index is 1.69. The second-order valence-corrected chi connectivity index (χ2v) is 6.58. The molecule has 4 heteroatoms. The molecule has 0 bridgehead atoms. The van der Waals surface area contributed by atoms with Gasteiger partial charge in [0.2, 0.25) is 5.91 Å². The normalized spacial score (nSPS) is 21.5. The number of pyridine rings is 2. The minimum absolute atomic E-state index is 0.0458. The first kappa shape index (κ1) is 12.8. The Kier molecular flexibility index (Phi) is 2.31. The van der Waals surface area contributed by atoms with E-state index in [1.165, 1.54) is 11.1 Å². The summed E-state index contributed by atoms with van der Waals surface area (Å²) in [6, 6.07) is 12.4. The highest BCUT2D eigenvalue weighted by molar-refractivity contribution is 6.06. The molecule has 4 nitrogen and oxygen atoms in total. The smallest absolute Gasteiger partial charge is 0.237 e. The van der Waals surface area contributed by atoms with Crippen LogP contribution in [0.4, 0.5) is 5.82 Å². The van der Waals surface area contributed by atoms with Crippen molar-refractivity contribution in [2.24, 2.45) is 0 Å². The molecule has 1 aliphatic carbocycles. The third-order valence-corrected chi connectivity index (χ3v) is 5.09. The number of carbonyl (C=O) groups excluding carboxylic acids is 1. The molecule has 5 rings (SSSR count). The fourth-order valence-electron chi connectivity index (χ4n) is 3.95. The van der Waals surface area contributed by atoms with Crippen LogP contribution in [0.3, 0.4) is 0 Å². The van der Waals surface area contributed by atoms with Gasteiger partial charge in [0.05, 0.1) is 10.9 Å². The maximum Gasteiger partial charge on any atom is 0.237 e. The topological polar surface area (TPSA) is 54.9 Å². The summed E-state index contributed by atoms with van der Waals surface area (Å²) in [5.41, 5.74) is 4.90. The van der Waals surface area contributed by atoms with Crippen molar-refractivity contribution in [3.8, 4) is 0 Å². The zero-order valence-electron chi connectivity index (χ0n) is 12.8. The first-order valence-corrected chi connectivity index (χ1v) is 7.82. The highest BCUT2D eigenvalue weighted by Gasteiger charge is 2.51. The average molecular weight is 301 g/mol. The van der Waals surface area contributed by atoms with Crippen LogP contribution in [0.2, 0.25) is 0 Å². The Bertz CT molecular complexity index is 995. The molecule has 2 aromatic heterocycles. The summed E-state index contributed by atoms with van der Waals surface area (Å²) in [7, 11) is 0. The van der Waals surface area contributed by atoms with Gasteiger partial charge in [0.25, 0.3) is 0 Å². The minimum Gasteiger partial charge on any atom is -0.310 e. The maximum atomic E-state index is 12.7. The predicted molar refractivity (Wildman–Crippen MR) is 88.4 cm³/mol. The van der Waals surface area contributed by atoms with Crippen LogP contribution in [0, 0.1) is 6.92 Å². The molecule has 0 saturated heterocycles. The van der Waals surface area contributed by atoms with Gasteiger partial charge < -0.3 is 5.32 Å². The van der Waals surface area contributed by atoms with E-state index in [0.29, 0.717) is 18.7 Å². The number of benzene rings is 1. The number of aryl methyl sites for hydroxylation is 1. The van der Waals surface area contributed by atoms with Crippen LogP contribution in [0.25, 0.3) is 10.9 Å². The van der Waals surface area contributed by atoms with E-state index in [1.54, 1.807) is 6.20 Å². The summed E-state index contributed by atoms with van der Waals surface area (Å²) in [6.45, 7) is 2.08. The van der Waals surface area contributed by atoms with Crippen molar-refractivity contribution in [2.45, 2.75) is 25.2 Å². The highest BCUT2D eigenvalue weighted by Crippen LogP contribution is 2.46. The van der Waals surface area contributed by atoms with E-state index in [9.17, 15) is 4.79 Å². The van der Waals surface area contributed by atoms with Crippen molar-refractivity contribution >= 4 is 22.6 Å². The van der Waals surface area contributed by atoms with Gasteiger partial charge in [-0.15, -0.1) is 0 Å². The van der Waals surface area contributed by atoms with Crippen LogP contribution in [-0.4, -0.2) is 15.9 Å². The molecule has 1 spiro atoms. The van der Waals surface area contributed by atoms with Gasteiger partial charge in [-0.05, 0) is 43.2 Å². The van der Waals surface area contributed by atoms with Crippen molar-refractivity contribution < 1.29 is 4.79 Å². The summed E-state index contributed by atoms with van der Waals surface area (Å²) in [5, 5.41) is 4.08. The Morgan fingerprint density at radius 2 is 2.09 bits per heavy atom. The van der Waals surface area contributed by atoms with Gasteiger partial charge in [0.1, 0.15) is 5.82 Å². The Morgan fingerprint density at radius 1 is 1.17 bits per heavy atom. The Hall–Kier alpha value is -2.75. The SMILES string of the molecule is Cc1ccc2nc3c(cc2c1)C[C@@]1(C3)C(=O)Nc2ncccc21. The molecule has 2 aliphatic rings. The van der Waals surface area contributed by atoms with E-state index >= 15 is 0 Å². The third-order valence-electron chi connectivity index (χ3n) is 5.09. The van der Waals surface area contributed by atoms with Crippen molar-refractivity contribution in [1.82, 2.24) is 9.97 Å². The number of hydrogen-bond acceptors (Lipinski definition) is 3. The van der Waals surface area contributed by atoms with Gasteiger partial charge in [-0.1, -0.05) is 17.7 Å². The fraction of sp³-hybridized carbons (Fsp3) is 0.211. The lowest BCUT2D eigenvalue weighted by atomic mass is 9.80. The van der Waals surface area contributed by atoms with Crippen LogP contribution < -0.4 is 5.32 Å². The molecule has 23 heavy (non-hydrogen) atoms. The number of anilines is 1. The number of rotatable bonds is 0. The van der Waals surface area contributed by atoms with Crippen LogP contribution in [-0.2, 0) is 23.1 Å². The predicted octanol–water partition coefficient (Wildman–Crippen LogP) is 2.93. The highest BCUT2D eigenvalue weighted by atomic mass is 16.2. The minimum atomic E-state index is -0.536. The summed E-state index contributed by atoms with van der Waals surface area (Å²) < 4.78 is 0. The van der Waals surface area contributed by atoms with Gasteiger partial charge in [0, 0.05) is 29.3 Å². The number of fused-ring (bicyclic) bond motifs is 4. The number of hydrogen-bond donors (Lipinski definition) is 1. The van der Waals surface area contributed by atoms with Gasteiger partial charge in [0.15, 0.2) is 0 Å². The molecule has 3 aromatic rings. The number of amides is 1. The molecule has 3 heterocycles. The lowest BCUT2D eigenvalue weighted by Gasteiger charge is -2.19. The van der Waals surface area contributed by atoms with Crippen LogP contribution in [0.15, 0.2) is 42.6 Å². The van der Waals surface area contributed by atoms with E-state index in [-0.39, 0.29) is 5.91 Å². The van der Waals surface area contributed by atoms with Gasteiger partial charge in [-0.25, -0.2) is 4.98 Å². The van der Waals surface area contributed by atoms with Gasteiger partial charge in [-0.2, -0.15) is 0 Å². The molecule has 1 aromatic carbocycles. The quantitative estimate of drug-likeness (QED) is 0.694. The largest absolute Gasteiger partial charge is 0.310 e. The van der Waals surface area contributed by atoms with E-state index in [2.05, 4.69) is 41.5 Å². The average Bonchev–Trinajstić information content (AvgIpc) is 3.04. The van der Waals surface area contributed by atoms with Crippen LogP contribution >= 0.6 is 0 Å². The standard InChI is InChI=1S/C19H15N3O/c1-11-4-5-15-12(7-11)8-13-9-19(10-16(13)21-15)14-3-2-6-20-17(14)22-18(19)23/h2-8H,9-10H2,1H3,(H,20,22,23)/t19-/m0/s1. The van der Waals surface area contributed by atoms with Crippen LogP contribution in [0.5, 0.6) is 0 Å². The molecule has 1 amide bonds. The monoisotopic (exact) mass is 301 g/mol. The molecule has 1 N–H and O–H groups in total. The lowest BCUT2D eigenvalue weighted by molar-refractivity contribution is -0.120. The van der Waals surface area contributed by atoms with E-state index in [0.717, 1.165) is 22.2 Å². The van der Waals surface area contributed by atoms with Crippen molar-refractivity contribution in [3.63, 3.8) is 0 Å². The van der Waals surface area contributed by atoms with Crippen molar-refractivity contribution in [3.05, 3.63) is 65.0 Å². The summed E-state index contributed by atoms with van der Waals surface area (Å²) in [4.78, 5) is 21.8. The maximum absolute atomic E-state index is 12.7. The summed E-state index contributed by atoms with van der Waals surface area (Å²) in [5.74, 6) is 0.746. The molecule has 0 saturated carbocycles. The number of nitrogens with one attached hydrogen (secondary N) is 1. The Morgan fingerprint density at radius 3 is 3.00 bits per heavy atom. The zero-order valence-corrected chi connectivity index (χ0v) is 12.8. The van der Waals surface area contributed by atoms with E-state index in [4.69, 9.17) is 4.98 Å². The molecule has 1 atom stereocenters. The summed E-state index contributed by atoms with van der Waals surface area (Å²) in [6.07, 6.45) is 3.07. The molecule has 112 valence electrons. The first-order valence-electron chi connectivity index (χ1n) is 7.82. The molecular weight excluding hydrogens is 286 g/mol. The van der Waals surface area contributed by atoms with E-state index < -0.39 is 5.41 Å². The molecule has 0 unspecified atom stereocenters. The lowest BCUT2D eigenvalue weighted by Crippen LogP contribution is -2.35. The second-order valence-electron chi connectivity index (χ2n) is 6.58. The van der Waals surface area contributed by atoms with Gasteiger partial charge >= 0.3 is 0 Å². The van der Waals surface area contributed by atoms with Gasteiger partial charge in [-0.3, -0.25) is 9.78 Å². The zero-order chi connectivity index (χ0) is 15.6. The first-order chi connectivity index (χ1) is 11.2. The Labute approximate surface area is 133 Å². The van der Waals surface area contributed by atoms with Crippen molar-refractivity contribution in [1.29, 1.82) is 0 Å². The van der Waals surface area contributed by atoms with E-state index in [1.807, 2.05) is 12.1 Å².